The summed E-state index contributed by atoms with van der Waals surface area (Å²) in [6.45, 7) is 2.22. The molecule has 0 saturated carbocycles. The highest BCUT2D eigenvalue weighted by atomic mass is 16.1. The van der Waals surface area contributed by atoms with Gasteiger partial charge in [0.1, 0.15) is 5.78 Å². The molecule has 0 N–H and O–H groups in total. The van der Waals surface area contributed by atoms with Gasteiger partial charge in [-0.2, -0.15) is 0 Å². The molecule has 1 heterocycles. The number of hydrogen-bond donors (Lipinski definition) is 0. The number of aryl methyl sites for hydroxylation is 1. The standard InChI is InChI=1S/C16H25NO/c1-2-3-4-5-6-7-10-16(18)12-11-15-9-8-13-17-14-15/h8-9,13-14H,2-7,10-12H2,1H3. The van der Waals surface area contributed by atoms with Gasteiger partial charge in [0.05, 0.1) is 0 Å². The third-order valence-corrected chi connectivity index (χ3v) is 3.22. The Kier molecular flexibility index (Phi) is 8.11. The Hall–Kier alpha value is -1.18. The molecule has 0 unspecified atom stereocenters. The lowest BCUT2D eigenvalue weighted by Gasteiger charge is -2.02. The summed E-state index contributed by atoms with van der Waals surface area (Å²) < 4.78 is 0. The van der Waals surface area contributed by atoms with Crippen molar-refractivity contribution in [1.82, 2.24) is 4.98 Å². The molecule has 1 aromatic rings. The lowest BCUT2D eigenvalue weighted by atomic mass is 10.0. The Morgan fingerprint density at radius 3 is 2.61 bits per heavy atom. The van der Waals surface area contributed by atoms with E-state index in [2.05, 4.69) is 11.9 Å². The van der Waals surface area contributed by atoms with E-state index in [9.17, 15) is 4.79 Å². The van der Waals surface area contributed by atoms with E-state index in [-0.39, 0.29) is 0 Å². The van der Waals surface area contributed by atoms with Gasteiger partial charge in [0.2, 0.25) is 0 Å². The molecule has 0 atom stereocenters. The highest BCUT2D eigenvalue weighted by molar-refractivity contribution is 5.78. The Bertz CT molecular complexity index is 321. The average Bonchev–Trinajstić information content (AvgIpc) is 2.41. The van der Waals surface area contributed by atoms with Crippen molar-refractivity contribution >= 4 is 5.78 Å². The Morgan fingerprint density at radius 2 is 1.89 bits per heavy atom. The highest BCUT2D eigenvalue weighted by Crippen LogP contribution is 2.09. The third-order valence-electron chi connectivity index (χ3n) is 3.22. The van der Waals surface area contributed by atoms with Crippen molar-refractivity contribution in [2.45, 2.75) is 64.7 Å². The summed E-state index contributed by atoms with van der Waals surface area (Å²) in [5.74, 6) is 0.398. The summed E-state index contributed by atoms with van der Waals surface area (Å²) in [4.78, 5) is 15.7. The SMILES string of the molecule is CCCCCCCCC(=O)CCc1cccnc1. The lowest BCUT2D eigenvalue weighted by molar-refractivity contribution is -0.119. The van der Waals surface area contributed by atoms with Crippen molar-refractivity contribution in [1.29, 1.82) is 0 Å². The van der Waals surface area contributed by atoms with Crippen LogP contribution in [0.15, 0.2) is 24.5 Å². The van der Waals surface area contributed by atoms with E-state index in [0.29, 0.717) is 12.2 Å². The summed E-state index contributed by atoms with van der Waals surface area (Å²) in [7, 11) is 0. The zero-order valence-corrected chi connectivity index (χ0v) is 11.5. The van der Waals surface area contributed by atoms with Crippen LogP contribution in [0, 0.1) is 0 Å². The molecule has 1 aromatic heterocycles. The van der Waals surface area contributed by atoms with Crippen LogP contribution in [0.2, 0.25) is 0 Å². The van der Waals surface area contributed by atoms with E-state index in [1.807, 2.05) is 18.3 Å². The molecule has 2 heteroatoms. The van der Waals surface area contributed by atoms with Crippen LogP contribution in [-0.4, -0.2) is 10.8 Å². The Balaban J connectivity index is 2.01. The molecule has 0 bridgehead atoms. The van der Waals surface area contributed by atoms with Crippen LogP contribution in [0.3, 0.4) is 0 Å². The van der Waals surface area contributed by atoms with Crippen LogP contribution < -0.4 is 0 Å². The fourth-order valence-corrected chi connectivity index (χ4v) is 2.06. The summed E-state index contributed by atoms with van der Waals surface area (Å²) in [6.07, 6.45) is 13.4. The minimum atomic E-state index is 0.398. The molecule has 1 rings (SSSR count). The molecule has 0 radical (unpaired) electrons. The summed E-state index contributed by atoms with van der Waals surface area (Å²) >= 11 is 0. The topological polar surface area (TPSA) is 30.0 Å². The van der Waals surface area contributed by atoms with E-state index in [1.54, 1.807) is 6.20 Å². The van der Waals surface area contributed by atoms with E-state index < -0.39 is 0 Å². The number of nitrogens with zero attached hydrogens (tertiary/aromatic N) is 1. The average molecular weight is 247 g/mol. The molecule has 0 fully saturated rings. The van der Waals surface area contributed by atoms with Crippen molar-refractivity contribution in [3.63, 3.8) is 0 Å². The summed E-state index contributed by atoms with van der Waals surface area (Å²) in [6, 6.07) is 3.96. The lowest BCUT2D eigenvalue weighted by Crippen LogP contribution is -2.00. The number of carbonyl (C=O) groups excluding carboxylic acids is 1. The summed E-state index contributed by atoms with van der Waals surface area (Å²) in [5, 5.41) is 0. The number of rotatable bonds is 10. The predicted molar refractivity (Wildman–Crippen MR) is 75.6 cm³/mol. The maximum atomic E-state index is 11.7. The third kappa shape index (κ3) is 7.21. The van der Waals surface area contributed by atoms with Crippen LogP contribution in [0.25, 0.3) is 0 Å². The largest absolute Gasteiger partial charge is 0.300 e. The molecule has 0 aliphatic carbocycles. The van der Waals surface area contributed by atoms with Crippen molar-refractivity contribution in [2.24, 2.45) is 0 Å². The second-order valence-corrected chi connectivity index (χ2v) is 4.92. The zero-order valence-electron chi connectivity index (χ0n) is 11.5. The van der Waals surface area contributed by atoms with E-state index in [0.717, 1.165) is 24.8 Å². The fraction of sp³-hybridized carbons (Fsp3) is 0.625. The number of Topliss-reactive ketones (excluding diaryl/α,β-unsaturated/α-hetero) is 1. The van der Waals surface area contributed by atoms with Crippen LogP contribution in [0.1, 0.15) is 63.9 Å². The summed E-state index contributed by atoms with van der Waals surface area (Å²) in [5.41, 5.74) is 1.16. The van der Waals surface area contributed by atoms with Crippen molar-refractivity contribution in [2.75, 3.05) is 0 Å². The first-order valence-electron chi connectivity index (χ1n) is 7.23. The van der Waals surface area contributed by atoms with Gasteiger partial charge in [-0.1, -0.05) is 45.1 Å². The van der Waals surface area contributed by atoms with Crippen LogP contribution in [0.5, 0.6) is 0 Å². The van der Waals surface area contributed by atoms with E-state index in [1.165, 1.54) is 32.1 Å². The maximum absolute atomic E-state index is 11.7. The van der Waals surface area contributed by atoms with Crippen molar-refractivity contribution in [3.8, 4) is 0 Å². The zero-order chi connectivity index (χ0) is 13.1. The predicted octanol–water partition coefficient (Wildman–Crippen LogP) is 4.33. The second-order valence-electron chi connectivity index (χ2n) is 4.92. The van der Waals surface area contributed by atoms with Gasteiger partial charge in [0.25, 0.3) is 0 Å². The number of pyridine rings is 1. The van der Waals surface area contributed by atoms with Crippen molar-refractivity contribution < 1.29 is 4.79 Å². The van der Waals surface area contributed by atoms with Gasteiger partial charge in [-0.05, 0) is 24.5 Å². The molecule has 0 amide bonds. The van der Waals surface area contributed by atoms with Gasteiger partial charge < -0.3 is 0 Å². The van der Waals surface area contributed by atoms with Gasteiger partial charge in [-0.25, -0.2) is 0 Å². The van der Waals surface area contributed by atoms with Crippen LogP contribution in [0.4, 0.5) is 0 Å². The fourth-order valence-electron chi connectivity index (χ4n) is 2.06. The molecule has 0 saturated heterocycles. The van der Waals surface area contributed by atoms with Gasteiger partial charge in [-0.15, -0.1) is 0 Å². The van der Waals surface area contributed by atoms with Gasteiger partial charge in [-0.3, -0.25) is 9.78 Å². The Morgan fingerprint density at radius 1 is 1.11 bits per heavy atom. The number of ketones is 1. The monoisotopic (exact) mass is 247 g/mol. The first-order chi connectivity index (χ1) is 8.83. The maximum Gasteiger partial charge on any atom is 0.133 e. The van der Waals surface area contributed by atoms with Gasteiger partial charge in [0.15, 0.2) is 0 Å². The molecule has 0 aromatic carbocycles. The Labute approximate surface area is 111 Å². The van der Waals surface area contributed by atoms with Crippen LogP contribution in [-0.2, 0) is 11.2 Å². The van der Waals surface area contributed by atoms with Gasteiger partial charge in [0, 0.05) is 25.2 Å². The van der Waals surface area contributed by atoms with Crippen LogP contribution >= 0.6 is 0 Å². The first-order valence-corrected chi connectivity index (χ1v) is 7.23. The first kappa shape index (κ1) is 14.9. The highest BCUT2D eigenvalue weighted by Gasteiger charge is 2.02. The molecular formula is C16H25NO. The smallest absolute Gasteiger partial charge is 0.133 e. The molecule has 18 heavy (non-hydrogen) atoms. The molecule has 0 aliphatic rings. The number of unbranched alkanes of at least 4 members (excludes halogenated alkanes) is 5. The normalized spacial score (nSPS) is 10.5. The second kappa shape index (κ2) is 9.81. The molecule has 0 spiro atoms. The molecule has 100 valence electrons. The number of aromatic nitrogens is 1. The van der Waals surface area contributed by atoms with E-state index >= 15 is 0 Å². The number of hydrogen-bond acceptors (Lipinski definition) is 2. The molecule has 2 nitrogen and oxygen atoms in total. The van der Waals surface area contributed by atoms with Gasteiger partial charge >= 0.3 is 0 Å². The minimum Gasteiger partial charge on any atom is -0.300 e. The number of carbonyl (C=O) groups is 1. The van der Waals surface area contributed by atoms with E-state index in [4.69, 9.17) is 0 Å². The van der Waals surface area contributed by atoms with Crippen molar-refractivity contribution in [3.05, 3.63) is 30.1 Å². The molecular weight excluding hydrogens is 222 g/mol. The molecule has 0 aliphatic heterocycles. The quantitative estimate of drug-likeness (QED) is 0.576. The minimum absolute atomic E-state index is 0.398.